The van der Waals surface area contributed by atoms with Gasteiger partial charge in [-0.05, 0) is 43.6 Å². The predicted octanol–water partition coefficient (Wildman–Crippen LogP) is 5.55. The largest absolute Gasteiger partial charge is 0.507 e. The first kappa shape index (κ1) is 26.7. The highest BCUT2D eigenvalue weighted by Crippen LogP contribution is 2.45. The minimum absolute atomic E-state index is 0.0296. The summed E-state index contributed by atoms with van der Waals surface area (Å²) >= 11 is 6.48. The van der Waals surface area contributed by atoms with E-state index in [1.165, 1.54) is 13.3 Å². The number of ketones is 1. The number of carboxylic acid groups (broad SMARTS) is 1. The van der Waals surface area contributed by atoms with E-state index in [1.807, 2.05) is 26.0 Å². The van der Waals surface area contributed by atoms with Crippen LogP contribution in [0.2, 0.25) is 5.02 Å². The molecule has 1 aliphatic rings. The van der Waals surface area contributed by atoms with Crippen molar-refractivity contribution in [3.8, 4) is 11.5 Å². The van der Waals surface area contributed by atoms with E-state index in [1.54, 1.807) is 6.92 Å². The second-order valence-electron chi connectivity index (χ2n) is 9.06. The van der Waals surface area contributed by atoms with Gasteiger partial charge < -0.3 is 14.9 Å². The van der Waals surface area contributed by atoms with Crippen LogP contribution in [-0.4, -0.2) is 41.8 Å². The number of carbonyl (C=O) groups is 2. The number of aromatic hydroxyl groups is 1. The molecular formula is C26H34ClNO5. The Hall–Kier alpha value is -2.60. The molecule has 2 N–H and O–H groups in total. The molecule has 7 heteroatoms. The summed E-state index contributed by atoms with van der Waals surface area (Å²) in [6.45, 7) is 9.62. The molecule has 2 rings (SSSR count). The maximum atomic E-state index is 12.3. The summed E-state index contributed by atoms with van der Waals surface area (Å²) in [6.07, 6.45) is 9.34. The van der Waals surface area contributed by atoms with Crippen molar-refractivity contribution >= 4 is 29.6 Å². The first-order valence-corrected chi connectivity index (χ1v) is 11.5. The topological polar surface area (TPSA) is 96.2 Å². The molecule has 0 bridgehead atoms. The number of carboxylic acids is 1. The van der Waals surface area contributed by atoms with E-state index >= 15 is 0 Å². The number of phenolic OH excluding ortho intramolecular Hbond substituents is 1. The first-order chi connectivity index (χ1) is 15.4. The first-order valence-electron chi connectivity index (χ1n) is 11.1. The zero-order chi connectivity index (χ0) is 24.9. The van der Waals surface area contributed by atoms with Crippen molar-refractivity contribution < 1.29 is 24.5 Å². The van der Waals surface area contributed by atoms with E-state index < -0.39 is 12.5 Å². The maximum absolute atomic E-state index is 12.3. The number of nitrogens with zero attached hydrogens (tertiary/aromatic N) is 1. The Morgan fingerprint density at radius 1 is 1.36 bits per heavy atom. The van der Waals surface area contributed by atoms with Crippen LogP contribution in [0.5, 0.6) is 11.5 Å². The van der Waals surface area contributed by atoms with Gasteiger partial charge in [-0.2, -0.15) is 0 Å². The highest BCUT2D eigenvalue weighted by Gasteiger charge is 2.41. The number of aliphatic imine (C=N–C) groups is 1. The number of hydrogen-bond donors (Lipinski definition) is 2. The third-order valence-corrected chi connectivity index (χ3v) is 7.49. The van der Waals surface area contributed by atoms with E-state index in [4.69, 9.17) is 21.4 Å². The van der Waals surface area contributed by atoms with Crippen molar-refractivity contribution in [1.29, 1.82) is 0 Å². The van der Waals surface area contributed by atoms with Crippen molar-refractivity contribution in [1.82, 2.24) is 0 Å². The van der Waals surface area contributed by atoms with Crippen LogP contribution in [0.1, 0.15) is 57.2 Å². The molecule has 1 aromatic carbocycles. The van der Waals surface area contributed by atoms with E-state index in [9.17, 15) is 14.7 Å². The number of aliphatic carboxylic acids is 1. The van der Waals surface area contributed by atoms with Gasteiger partial charge in [0.2, 0.25) is 0 Å². The zero-order valence-electron chi connectivity index (χ0n) is 20.2. The lowest BCUT2D eigenvalue weighted by atomic mass is 9.61. The molecule has 0 unspecified atom stereocenters. The van der Waals surface area contributed by atoms with E-state index in [-0.39, 0.29) is 17.1 Å². The fourth-order valence-electron chi connectivity index (χ4n) is 4.25. The summed E-state index contributed by atoms with van der Waals surface area (Å²) in [5, 5.41) is 20.1. The summed E-state index contributed by atoms with van der Waals surface area (Å²) in [7, 11) is 1.49. The summed E-state index contributed by atoms with van der Waals surface area (Å²) in [5.41, 5.74) is 2.20. The molecule has 6 nitrogen and oxygen atoms in total. The van der Waals surface area contributed by atoms with Crippen molar-refractivity contribution in [2.45, 2.75) is 53.9 Å². The average molecular weight is 476 g/mol. The van der Waals surface area contributed by atoms with Gasteiger partial charge in [0.1, 0.15) is 23.8 Å². The number of carbonyl (C=O) groups excluding carboxylic acids is 1. The number of ether oxygens (including phenoxy) is 1. The summed E-state index contributed by atoms with van der Waals surface area (Å²) in [4.78, 5) is 26.9. The monoisotopic (exact) mass is 475 g/mol. The Kier molecular flexibility index (Phi) is 8.89. The van der Waals surface area contributed by atoms with E-state index in [2.05, 4.69) is 24.9 Å². The van der Waals surface area contributed by atoms with Crippen LogP contribution in [0.15, 0.2) is 28.8 Å². The minimum atomic E-state index is -1.06. The van der Waals surface area contributed by atoms with Crippen molar-refractivity contribution in [2.24, 2.45) is 22.2 Å². The predicted molar refractivity (Wildman–Crippen MR) is 132 cm³/mol. The second-order valence-corrected chi connectivity index (χ2v) is 9.43. The number of phenols is 1. The molecule has 0 amide bonds. The van der Waals surface area contributed by atoms with Gasteiger partial charge in [0.15, 0.2) is 0 Å². The Labute approximate surface area is 201 Å². The van der Waals surface area contributed by atoms with Gasteiger partial charge in [-0.25, -0.2) is 0 Å². The molecule has 0 aromatic heterocycles. The van der Waals surface area contributed by atoms with Gasteiger partial charge in [-0.1, -0.05) is 56.2 Å². The van der Waals surface area contributed by atoms with Gasteiger partial charge >= 0.3 is 5.97 Å². The van der Waals surface area contributed by atoms with Crippen LogP contribution in [0.3, 0.4) is 0 Å². The van der Waals surface area contributed by atoms with Gasteiger partial charge in [0.25, 0.3) is 0 Å². The van der Waals surface area contributed by atoms with Gasteiger partial charge in [0, 0.05) is 29.7 Å². The lowest BCUT2D eigenvalue weighted by Crippen LogP contribution is -2.40. The fourth-order valence-corrected chi connectivity index (χ4v) is 4.55. The quantitative estimate of drug-likeness (QED) is 0.379. The van der Waals surface area contributed by atoms with Gasteiger partial charge in [-0.15, -0.1) is 0 Å². The maximum Gasteiger partial charge on any atom is 0.325 e. The molecule has 180 valence electrons. The Bertz CT molecular complexity index is 1010. The molecule has 0 heterocycles. The molecule has 3 atom stereocenters. The standard InChI is InChI=1S/C26H34ClNO5/c1-15(11-12-26(5)16(2)8-10-21(29)18(26)4)7-9-19-24(32)20(13-28-14-22(30)31)17(3)23(27)25(19)33-6/h7,11-13,16,18,32H,8-10,14H2,1-6H3,(H,30,31)/t16-,18+,26+/m1/s1. The number of hydrogen-bond acceptors (Lipinski definition) is 5. The number of Topliss-reactive ketones (excluding diaryl/α,β-unsaturated/α-hetero) is 1. The summed E-state index contributed by atoms with van der Waals surface area (Å²) < 4.78 is 5.46. The van der Waals surface area contributed by atoms with Crippen LogP contribution in [0, 0.1) is 24.2 Å². The van der Waals surface area contributed by atoms with Crippen molar-refractivity contribution in [3.63, 3.8) is 0 Å². The minimum Gasteiger partial charge on any atom is -0.507 e. The highest BCUT2D eigenvalue weighted by atomic mass is 35.5. The highest BCUT2D eigenvalue weighted by molar-refractivity contribution is 6.33. The lowest BCUT2D eigenvalue weighted by molar-refractivity contribution is -0.135. The molecule has 0 saturated heterocycles. The smallest absolute Gasteiger partial charge is 0.325 e. The second kappa shape index (κ2) is 11.0. The Morgan fingerprint density at radius 3 is 2.64 bits per heavy atom. The SMILES string of the molecule is COc1c(Cl)c(C)c(C=NCC(=O)O)c(O)c1CC=C(C)C=C[C@@]1(C)[C@H](C)CCC(=O)[C@@H]1C. The van der Waals surface area contributed by atoms with E-state index in [0.717, 1.165) is 12.0 Å². The molecule has 0 spiro atoms. The van der Waals surface area contributed by atoms with Crippen molar-refractivity contribution in [3.05, 3.63) is 45.5 Å². The fraction of sp³-hybridized carbons (Fsp3) is 0.500. The molecule has 33 heavy (non-hydrogen) atoms. The van der Waals surface area contributed by atoms with Crippen LogP contribution >= 0.6 is 11.6 Å². The molecule has 1 aliphatic carbocycles. The number of halogens is 1. The molecular weight excluding hydrogens is 442 g/mol. The number of benzene rings is 1. The van der Waals surface area contributed by atoms with Crippen LogP contribution < -0.4 is 4.74 Å². The number of allylic oxidation sites excluding steroid dienone is 4. The van der Waals surface area contributed by atoms with Crippen LogP contribution in [-0.2, 0) is 16.0 Å². The number of methoxy groups -OCH3 is 1. The lowest BCUT2D eigenvalue weighted by Gasteiger charge is -2.42. The summed E-state index contributed by atoms with van der Waals surface area (Å²) in [6, 6.07) is 0. The summed E-state index contributed by atoms with van der Waals surface area (Å²) in [5.74, 6) is -0.0430. The van der Waals surface area contributed by atoms with Crippen LogP contribution in [0.4, 0.5) is 0 Å². The molecule has 0 aliphatic heterocycles. The average Bonchev–Trinajstić information content (AvgIpc) is 2.77. The van der Waals surface area contributed by atoms with Gasteiger partial charge in [0.05, 0.1) is 12.1 Å². The Morgan fingerprint density at radius 2 is 2.03 bits per heavy atom. The third kappa shape index (κ3) is 5.85. The Balaban J connectivity index is 2.36. The molecule has 1 fully saturated rings. The zero-order valence-corrected chi connectivity index (χ0v) is 21.0. The molecule has 1 saturated carbocycles. The number of rotatable bonds is 8. The third-order valence-electron chi connectivity index (χ3n) is 7.03. The van der Waals surface area contributed by atoms with E-state index in [0.29, 0.717) is 52.0 Å². The molecule has 1 aromatic rings. The normalized spacial score (nSPS) is 24.1. The van der Waals surface area contributed by atoms with Crippen LogP contribution in [0.25, 0.3) is 0 Å². The van der Waals surface area contributed by atoms with Crippen molar-refractivity contribution in [2.75, 3.05) is 13.7 Å². The molecule has 0 radical (unpaired) electrons. The van der Waals surface area contributed by atoms with Gasteiger partial charge in [-0.3, -0.25) is 14.6 Å².